The molecule has 1 saturated heterocycles. The van der Waals surface area contributed by atoms with Crippen molar-refractivity contribution in [1.29, 1.82) is 0 Å². The predicted octanol–water partition coefficient (Wildman–Crippen LogP) is 4.95. The van der Waals surface area contributed by atoms with Gasteiger partial charge >= 0.3 is 0 Å². The lowest BCUT2D eigenvalue weighted by atomic mass is 9.98. The van der Waals surface area contributed by atoms with E-state index in [-0.39, 0.29) is 0 Å². The lowest BCUT2D eigenvalue weighted by Crippen LogP contribution is -2.49. The Bertz CT molecular complexity index is 469. The van der Waals surface area contributed by atoms with Crippen LogP contribution in [0.5, 0.6) is 0 Å². The Morgan fingerprint density at radius 2 is 1.84 bits per heavy atom. The molecule has 1 aromatic carbocycles. The van der Waals surface area contributed by atoms with Gasteiger partial charge in [0.2, 0.25) is 0 Å². The molecule has 1 N–H and O–H groups in total. The van der Waals surface area contributed by atoms with Gasteiger partial charge in [-0.15, -0.1) is 0 Å². The highest BCUT2D eigenvalue weighted by atomic mass is 35.5. The number of hydrogen-bond donors (Lipinski definition) is 1. The first-order valence-corrected chi connectivity index (χ1v) is 7.70. The van der Waals surface area contributed by atoms with Gasteiger partial charge in [0.15, 0.2) is 5.11 Å². The lowest BCUT2D eigenvalue weighted by Gasteiger charge is -2.40. The van der Waals surface area contributed by atoms with Crippen LogP contribution in [-0.2, 0) is 0 Å². The van der Waals surface area contributed by atoms with E-state index >= 15 is 0 Å². The number of rotatable bonds is 1. The summed E-state index contributed by atoms with van der Waals surface area (Å²) in [4.78, 5) is 2.28. The molecule has 2 rings (SSSR count). The van der Waals surface area contributed by atoms with Crippen LogP contribution < -0.4 is 5.32 Å². The molecule has 1 fully saturated rings. The zero-order chi connectivity index (χ0) is 14.0. The minimum absolute atomic E-state index is 0.478. The third-order valence-electron chi connectivity index (χ3n) is 3.60. The fraction of sp³-hybridized carbons (Fsp3) is 0.500. The summed E-state index contributed by atoms with van der Waals surface area (Å²) in [6.45, 7) is 4.44. The summed E-state index contributed by atoms with van der Waals surface area (Å²) in [6, 6.07) is 6.42. The standard InChI is InChI=1S/C14H18Cl2N2S/c1-9-4-3-5-10(2)18(9)14(19)17-11-6-7-12(15)13(16)8-11/h6-10H,3-5H2,1-2H3,(H,17,19)/t9-,10-/m1/s1. The number of likely N-dealkylation sites (tertiary alicyclic amines) is 1. The van der Waals surface area contributed by atoms with E-state index in [1.165, 1.54) is 19.3 Å². The molecule has 0 radical (unpaired) electrons. The molecule has 0 spiro atoms. The summed E-state index contributed by atoms with van der Waals surface area (Å²) in [6.07, 6.45) is 3.65. The molecule has 0 bridgehead atoms. The van der Waals surface area contributed by atoms with Gasteiger partial charge in [0, 0.05) is 17.8 Å². The van der Waals surface area contributed by atoms with Crippen molar-refractivity contribution in [1.82, 2.24) is 4.90 Å². The van der Waals surface area contributed by atoms with E-state index in [4.69, 9.17) is 35.4 Å². The average molecular weight is 317 g/mol. The normalized spacial score (nSPS) is 23.3. The van der Waals surface area contributed by atoms with Gasteiger partial charge in [-0.1, -0.05) is 23.2 Å². The zero-order valence-electron chi connectivity index (χ0n) is 11.1. The van der Waals surface area contributed by atoms with Gasteiger partial charge in [0.25, 0.3) is 0 Å². The number of halogens is 2. The SMILES string of the molecule is C[C@@H]1CCC[C@@H](C)N1C(=S)Nc1ccc(Cl)c(Cl)c1. The van der Waals surface area contributed by atoms with Crippen LogP contribution in [0.15, 0.2) is 18.2 Å². The predicted molar refractivity (Wildman–Crippen MR) is 87.3 cm³/mol. The number of piperidine rings is 1. The second-order valence-corrected chi connectivity index (χ2v) is 6.30. The number of thiocarbonyl (C=S) groups is 1. The monoisotopic (exact) mass is 316 g/mol. The van der Waals surface area contributed by atoms with Crippen LogP contribution in [0.3, 0.4) is 0 Å². The maximum Gasteiger partial charge on any atom is 0.173 e. The van der Waals surface area contributed by atoms with Crippen LogP contribution in [0.2, 0.25) is 10.0 Å². The van der Waals surface area contributed by atoms with Crippen molar-refractivity contribution in [3.63, 3.8) is 0 Å². The molecule has 5 heteroatoms. The third kappa shape index (κ3) is 3.53. The largest absolute Gasteiger partial charge is 0.344 e. The van der Waals surface area contributed by atoms with Crippen molar-refractivity contribution >= 4 is 46.2 Å². The summed E-state index contributed by atoms with van der Waals surface area (Å²) < 4.78 is 0. The fourth-order valence-electron chi connectivity index (χ4n) is 2.58. The van der Waals surface area contributed by atoms with E-state index in [0.29, 0.717) is 22.1 Å². The van der Waals surface area contributed by atoms with Gasteiger partial charge in [0.1, 0.15) is 0 Å². The van der Waals surface area contributed by atoms with Crippen LogP contribution in [0.25, 0.3) is 0 Å². The quantitative estimate of drug-likeness (QED) is 0.738. The van der Waals surface area contributed by atoms with Crippen molar-refractivity contribution in [3.05, 3.63) is 28.2 Å². The zero-order valence-corrected chi connectivity index (χ0v) is 13.4. The molecule has 1 aromatic rings. The molecule has 0 aliphatic carbocycles. The molecule has 0 saturated carbocycles. The summed E-state index contributed by atoms with van der Waals surface area (Å²) in [5, 5.41) is 5.11. The van der Waals surface area contributed by atoms with Crippen molar-refractivity contribution in [2.75, 3.05) is 5.32 Å². The summed E-state index contributed by atoms with van der Waals surface area (Å²) in [5.74, 6) is 0. The van der Waals surface area contributed by atoms with Gasteiger partial charge in [-0.3, -0.25) is 0 Å². The van der Waals surface area contributed by atoms with Gasteiger partial charge in [0.05, 0.1) is 10.0 Å². The van der Waals surface area contributed by atoms with Crippen molar-refractivity contribution in [3.8, 4) is 0 Å². The molecule has 0 amide bonds. The molecular formula is C14H18Cl2N2S. The van der Waals surface area contributed by atoms with Crippen molar-refractivity contribution in [2.24, 2.45) is 0 Å². The van der Waals surface area contributed by atoms with Gasteiger partial charge in [-0.25, -0.2) is 0 Å². The van der Waals surface area contributed by atoms with Gasteiger partial charge < -0.3 is 10.2 Å². The highest BCUT2D eigenvalue weighted by molar-refractivity contribution is 7.80. The molecule has 2 nitrogen and oxygen atoms in total. The van der Waals surface area contributed by atoms with E-state index in [0.717, 1.165) is 10.8 Å². The molecule has 2 atom stereocenters. The Kier molecular flexibility index (Phi) is 4.93. The highest BCUT2D eigenvalue weighted by Gasteiger charge is 2.26. The summed E-state index contributed by atoms with van der Waals surface area (Å²) in [5.41, 5.74) is 0.879. The first kappa shape index (κ1) is 14.9. The number of anilines is 1. The molecule has 19 heavy (non-hydrogen) atoms. The van der Waals surface area contributed by atoms with E-state index < -0.39 is 0 Å². The Morgan fingerprint density at radius 1 is 1.21 bits per heavy atom. The van der Waals surface area contributed by atoms with Crippen molar-refractivity contribution < 1.29 is 0 Å². The lowest BCUT2D eigenvalue weighted by molar-refractivity contribution is 0.194. The first-order valence-electron chi connectivity index (χ1n) is 6.53. The smallest absolute Gasteiger partial charge is 0.173 e. The number of nitrogens with zero attached hydrogens (tertiary/aromatic N) is 1. The highest BCUT2D eigenvalue weighted by Crippen LogP contribution is 2.27. The minimum atomic E-state index is 0.478. The minimum Gasteiger partial charge on any atom is -0.344 e. The second kappa shape index (κ2) is 6.29. The number of hydrogen-bond acceptors (Lipinski definition) is 1. The molecule has 0 aromatic heterocycles. The Balaban J connectivity index is 2.09. The Morgan fingerprint density at radius 3 is 2.42 bits per heavy atom. The van der Waals surface area contributed by atoms with Crippen LogP contribution in [0.4, 0.5) is 5.69 Å². The molecule has 0 unspecified atom stereocenters. The molecule has 104 valence electrons. The van der Waals surface area contributed by atoms with E-state index in [1.54, 1.807) is 12.1 Å². The summed E-state index contributed by atoms with van der Waals surface area (Å²) in [7, 11) is 0. The first-order chi connectivity index (χ1) is 8.99. The maximum absolute atomic E-state index is 6.01. The topological polar surface area (TPSA) is 15.3 Å². The second-order valence-electron chi connectivity index (χ2n) is 5.10. The van der Waals surface area contributed by atoms with E-state index in [9.17, 15) is 0 Å². The molecular weight excluding hydrogens is 299 g/mol. The van der Waals surface area contributed by atoms with Crippen LogP contribution in [0.1, 0.15) is 33.1 Å². The van der Waals surface area contributed by atoms with Crippen LogP contribution >= 0.6 is 35.4 Å². The average Bonchev–Trinajstić information content (AvgIpc) is 2.33. The number of nitrogens with one attached hydrogen (secondary N) is 1. The molecule has 1 aliphatic rings. The van der Waals surface area contributed by atoms with Gasteiger partial charge in [-0.2, -0.15) is 0 Å². The van der Waals surface area contributed by atoms with E-state index in [1.807, 2.05) is 6.07 Å². The van der Waals surface area contributed by atoms with Crippen LogP contribution in [-0.4, -0.2) is 22.1 Å². The van der Waals surface area contributed by atoms with Gasteiger partial charge in [-0.05, 0) is 63.5 Å². The Hall–Kier alpha value is -0.510. The summed E-state index contributed by atoms with van der Waals surface area (Å²) >= 11 is 17.4. The fourth-order valence-corrected chi connectivity index (χ4v) is 3.36. The maximum atomic E-state index is 6.01. The Labute approximate surface area is 130 Å². The third-order valence-corrected chi connectivity index (χ3v) is 4.65. The number of benzene rings is 1. The molecule has 1 heterocycles. The molecule has 1 aliphatic heterocycles. The van der Waals surface area contributed by atoms with Crippen LogP contribution in [0, 0.1) is 0 Å². The van der Waals surface area contributed by atoms with Crippen molar-refractivity contribution in [2.45, 2.75) is 45.2 Å². The van der Waals surface area contributed by atoms with E-state index in [2.05, 4.69) is 24.1 Å².